The van der Waals surface area contributed by atoms with Crippen molar-refractivity contribution in [3.8, 4) is 0 Å². The van der Waals surface area contributed by atoms with Crippen molar-refractivity contribution in [1.82, 2.24) is 0 Å². The zero-order valence-corrected chi connectivity index (χ0v) is 20.8. The standard InChI is InChI=1S/C28H34O6S/c29-26-16-20-19(22(17-23(20)32-26)34-28-10-4-6-14-31-28)11-12-21(33-27-9-3-5-13-30-27)25-15-18-7-1-2-8-24(18)35-25/h1-2,7-8,11-12,15,19-23,27-28H,3-6,9-10,13-14,16-17H2/t19-,20-,21-,22-,23+,27?,28?/m1/s1. The highest BCUT2D eigenvalue weighted by Gasteiger charge is 2.50. The van der Waals surface area contributed by atoms with Crippen molar-refractivity contribution in [2.45, 2.75) is 82.3 Å². The number of thiophene rings is 1. The van der Waals surface area contributed by atoms with Gasteiger partial charge in [-0.15, -0.1) is 11.3 Å². The topological polar surface area (TPSA) is 63.2 Å². The molecule has 0 amide bonds. The van der Waals surface area contributed by atoms with Gasteiger partial charge in [0.1, 0.15) is 12.2 Å². The normalized spacial score (nSPS) is 34.3. The van der Waals surface area contributed by atoms with E-state index in [1.807, 2.05) is 0 Å². The van der Waals surface area contributed by atoms with E-state index in [0.29, 0.717) is 6.42 Å². The van der Waals surface area contributed by atoms with Gasteiger partial charge < -0.3 is 23.7 Å². The highest BCUT2D eigenvalue weighted by atomic mass is 32.1. The minimum Gasteiger partial charge on any atom is -0.462 e. The fourth-order valence-electron chi connectivity index (χ4n) is 5.88. The number of carbonyl (C=O) groups is 1. The summed E-state index contributed by atoms with van der Waals surface area (Å²) in [5.74, 6) is 0.129. The Morgan fingerprint density at radius 2 is 1.83 bits per heavy atom. The molecule has 0 spiro atoms. The monoisotopic (exact) mass is 498 g/mol. The van der Waals surface area contributed by atoms with Crippen molar-refractivity contribution in [2.75, 3.05) is 13.2 Å². The zero-order valence-electron chi connectivity index (χ0n) is 20.0. The van der Waals surface area contributed by atoms with Gasteiger partial charge in [0.15, 0.2) is 12.6 Å². The van der Waals surface area contributed by atoms with Gasteiger partial charge in [-0.25, -0.2) is 0 Å². The number of carbonyl (C=O) groups excluding carboxylic acids is 1. The molecule has 0 bridgehead atoms. The van der Waals surface area contributed by atoms with Crippen LogP contribution in [0.25, 0.3) is 10.1 Å². The summed E-state index contributed by atoms with van der Waals surface area (Å²) < 4.78 is 31.7. The molecule has 0 N–H and O–H groups in total. The summed E-state index contributed by atoms with van der Waals surface area (Å²) in [4.78, 5) is 13.2. The molecular formula is C28H34O6S. The van der Waals surface area contributed by atoms with Crippen LogP contribution in [0, 0.1) is 11.8 Å². The first kappa shape index (κ1) is 23.6. The lowest BCUT2D eigenvalue weighted by Crippen LogP contribution is -2.31. The summed E-state index contributed by atoms with van der Waals surface area (Å²) in [6.07, 6.45) is 11.2. The highest BCUT2D eigenvalue weighted by Crippen LogP contribution is 2.45. The van der Waals surface area contributed by atoms with Gasteiger partial charge in [-0.2, -0.15) is 0 Å². The Hall–Kier alpha value is -1.77. The number of benzene rings is 1. The number of ether oxygens (including phenoxy) is 5. The van der Waals surface area contributed by atoms with Crippen LogP contribution < -0.4 is 0 Å². The molecular weight excluding hydrogens is 464 g/mol. The average Bonchev–Trinajstić information content (AvgIpc) is 3.55. The molecule has 7 atom stereocenters. The maximum atomic E-state index is 12.1. The summed E-state index contributed by atoms with van der Waals surface area (Å²) >= 11 is 1.76. The van der Waals surface area contributed by atoms with Gasteiger partial charge in [0, 0.05) is 41.0 Å². The maximum absolute atomic E-state index is 12.1. The van der Waals surface area contributed by atoms with Gasteiger partial charge in [0.25, 0.3) is 0 Å². The highest BCUT2D eigenvalue weighted by molar-refractivity contribution is 7.19. The van der Waals surface area contributed by atoms with Crippen LogP contribution in [0.2, 0.25) is 0 Å². The fourth-order valence-corrected chi connectivity index (χ4v) is 6.97. The largest absolute Gasteiger partial charge is 0.462 e. The van der Waals surface area contributed by atoms with Gasteiger partial charge in [-0.1, -0.05) is 30.4 Å². The molecule has 2 aromatic rings. The first-order valence-corrected chi connectivity index (χ1v) is 13.9. The third-order valence-electron chi connectivity index (χ3n) is 7.68. The molecule has 1 aliphatic carbocycles. The Balaban J connectivity index is 1.25. The third kappa shape index (κ3) is 5.35. The molecule has 4 heterocycles. The van der Waals surface area contributed by atoms with Gasteiger partial charge in [-0.05, 0) is 56.0 Å². The van der Waals surface area contributed by atoms with E-state index in [-0.39, 0.29) is 48.7 Å². The number of fused-ring (bicyclic) bond motifs is 2. The summed E-state index contributed by atoms with van der Waals surface area (Å²) in [5.41, 5.74) is 0. The van der Waals surface area contributed by atoms with E-state index in [4.69, 9.17) is 23.7 Å². The molecule has 1 aromatic carbocycles. The lowest BCUT2D eigenvalue weighted by molar-refractivity contribution is -0.194. The molecule has 35 heavy (non-hydrogen) atoms. The summed E-state index contributed by atoms with van der Waals surface area (Å²) in [7, 11) is 0. The summed E-state index contributed by atoms with van der Waals surface area (Å²) in [5, 5.41) is 1.23. The molecule has 4 aliphatic rings. The first-order chi connectivity index (χ1) is 17.2. The fraction of sp³-hybridized carbons (Fsp3) is 0.607. The second kappa shape index (κ2) is 10.7. The number of rotatable bonds is 7. The Morgan fingerprint density at radius 3 is 2.60 bits per heavy atom. The Kier molecular flexibility index (Phi) is 7.21. The molecule has 1 saturated carbocycles. The molecule has 3 aliphatic heterocycles. The minimum absolute atomic E-state index is 0.0218. The smallest absolute Gasteiger partial charge is 0.306 e. The predicted molar refractivity (Wildman–Crippen MR) is 133 cm³/mol. The predicted octanol–water partition coefficient (Wildman–Crippen LogP) is 5.91. The Morgan fingerprint density at radius 1 is 1.03 bits per heavy atom. The van der Waals surface area contributed by atoms with E-state index in [1.165, 1.54) is 10.1 Å². The van der Waals surface area contributed by atoms with E-state index in [2.05, 4.69) is 42.5 Å². The number of hydrogen-bond acceptors (Lipinski definition) is 7. The van der Waals surface area contributed by atoms with Crippen LogP contribution in [0.4, 0.5) is 0 Å². The SMILES string of the molecule is O=C1C[C@@H]2[C@@H](C=C[C@@H](OC3CCCCO3)c3cc4ccccc4s3)[C@H](OC3CCCCO3)C[C@@H]2O1. The Bertz CT molecular complexity index is 1000. The second-order valence-electron chi connectivity index (χ2n) is 10.1. The molecule has 1 aromatic heterocycles. The maximum Gasteiger partial charge on any atom is 0.306 e. The van der Waals surface area contributed by atoms with Gasteiger partial charge in [-0.3, -0.25) is 4.79 Å². The van der Waals surface area contributed by atoms with Gasteiger partial charge in [0.05, 0.1) is 12.5 Å². The van der Waals surface area contributed by atoms with Crippen molar-refractivity contribution in [3.05, 3.63) is 47.4 Å². The third-order valence-corrected chi connectivity index (χ3v) is 8.86. The van der Waals surface area contributed by atoms with Gasteiger partial charge in [0.2, 0.25) is 0 Å². The molecule has 6 nitrogen and oxygen atoms in total. The zero-order chi connectivity index (χ0) is 23.6. The molecule has 6 rings (SSSR count). The van der Waals surface area contributed by atoms with Gasteiger partial charge >= 0.3 is 5.97 Å². The minimum atomic E-state index is -0.209. The van der Waals surface area contributed by atoms with Crippen molar-refractivity contribution < 1.29 is 28.5 Å². The number of hydrogen-bond donors (Lipinski definition) is 0. The lowest BCUT2D eigenvalue weighted by atomic mass is 9.91. The first-order valence-electron chi connectivity index (χ1n) is 13.1. The van der Waals surface area contributed by atoms with Crippen molar-refractivity contribution in [3.63, 3.8) is 0 Å². The van der Waals surface area contributed by atoms with Crippen LogP contribution in [0.3, 0.4) is 0 Å². The van der Waals surface area contributed by atoms with E-state index >= 15 is 0 Å². The van der Waals surface area contributed by atoms with E-state index in [0.717, 1.165) is 63.0 Å². The summed E-state index contributed by atoms with van der Waals surface area (Å²) in [6, 6.07) is 10.7. The van der Waals surface area contributed by atoms with Crippen LogP contribution in [-0.2, 0) is 28.5 Å². The average molecular weight is 499 g/mol. The van der Waals surface area contributed by atoms with Crippen molar-refractivity contribution in [2.24, 2.45) is 11.8 Å². The number of esters is 1. The van der Waals surface area contributed by atoms with Crippen molar-refractivity contribution >= 4 is 27.4 Å². The molecule has 3 saturated heterocycles. The van der Waals surface area contributed by atoms with Crippen LogP contribution in [0.5, 0.6) is 0 Å². The van der Waals surface area contributed by atoms with E-state index < -0.39 is 0 Å². The van der Waals surface area contributed by atoms with E-state index in [1.54, 1.807) is 11.3 Å². The van der Waals surface area contributed by atoms with Crippen molar-refractivity contribution in [1.29, 1.82) is 0 Å². The van der Waals surface area contributed by atoms with Crippen LogP contribution in [0.15, 0.2) is 42.5 Å². The molecule has 188 valence electrons. The molecule has 2 unspecified atom stereocenters. The van der Waals surface area contributed by atoms with E-state index in [9.17, 15) is 4.79 Å². The Labute approximate surface area is 210 Å². The molecule has 4 fully saturated rings. The quantitative estimate of drug-likeness (QED) is 0.350. The van der Waals surface area contributed by atoms with Crippen LogP contribution in [0.1, 0.15) is 62.3 Å². The second-order valence-corrected chi connectivity index (χ2v) is 11.2. The van der Waals surface area contributed by atoms with Crippen LogP contribution in [-0.4, -0.2) is 44.0 Å². The molecule has 7 heteroatoms. The van der Waals surface area contributed by atoms with Crippen LogP contribution >= 0.6 is 11.3 Å². The summed E-state index contributed by atoms with van der Waals surface area (Å²) in [6.45, 7) is 1.50. The molecule has 0 radical (unpaired) electrons. The lowest BCUT2D eigenvalue weighted by Gasteiger charge is -2.29.